The zero-order chi connectivity index (χ0) is 26.5. The summed E-state index contributed by atoms with van der Waals surface area (Å²) >= 11 is 0. The summed E-state index contributed by atoms with van der Waals surface area (Å²) in [6.45, 7) is 1.71. The molecule has 1 amide bonds. The molecule has 0 radical (unpaired) electrons. The third-order valence-electron chi connectivity index (χ3n) is 5.04. The molecule has 0 aliphatic carbocycles. The van der Waals surface area contributed by atoms with Crippen LogP contribution in [0.25, 0.3) is 23.2 Å². The molecular weight excluding hydrogens is 374 g/mol. The number of nitrogens with zero attached hydrogens (tertiary/aromatic N) is 3. The van der Waals surface area contributed by atoms with Crippen LogP contribution in [0.1, 0.15) is 57.1 Å². The van der Waals surface area contributed by atoms with Crippen LogP contribution in [0.2, 0.25) is 0 Å². The van der Waals surface area contributed by atoms with E-state index in [0.717, 1.165) is 27.7 Å². The van der Waals surface area contributed by atoms with E-state index in [1.807, 2.05) is 37.6 Å². The maximum Gasteiger partial charge on any atom is 0.410 e. The van der Waals surface area contributed by atoms with E-state index in [9.17, 15) is 4.79 Å². The molecule has 3 aromatic rings. The standard InChI is InChI=1S/C25H29N3O2/c1-17-6-9-22-20(14-17)21-16-27(24(29)30-25(3,4)5)12-11-23(21)28(22)13-10-19-8-7-18(2)26-15-19/h6-10,13-15H,11-12,16H2,1-5H3/b13-10+/i1D3,2D3. The number of hydrogen-bond donors (Lipinski definition) is 0. The van der Waals surface area contributed by atoms with Crippen LogP contribution in [0.15, 0.2) is 36.5 Å². The average Bonchev–Trinajstić information content (AvgIpc) is 3.08. The highest BCUT2D eigenvalue weighted by molar-refractivity contribution is 5.89. The second-order valence-corrected chi connectivity index (χ2v) is 8.47. The molecule has 0 bridgehead atoms. The molecule has 5 heteroatoms. The van der Waals surface area contributed by atoms with E-state index in [-0.39, 0.29) is 11.3 Å². The molecule has 0 fully saturated rings. The lowest BCUT2D eigenvalue weighted by molar-refractivity contribution is 0.0224. The first-order valence-corrected chi connectivity index (χ1v) is 9.92. The summed E-state index contributed by atoms with van der Waals surface area (Å²) in [5, 5.41) is 0.771. The molecule has 0 atom stereocenters. The minimum Gasteiger partial charge on any atom is -0.444 e. The number of ether oxygens (including phenoxy) is 1. The predicted octanol–water partition coefficient (Wildman–Crippen LogP) is 5.57. The van der Waals surface area contributed by atoms with Crippen molar-refractivity contribution >= 4 is 29.3 Å². The number of fused-ring (bicyclic) bond motifs is 3. The largest absolute Gasteiger partial charge is 0.444 e. The van der Waals surface area contributed by atoms with Gasteiger partial charge < -0.3 is 14.2 Å². The molecule has 0 unspecified atom stereocenters. The first kappa shape index (κ1) is 14.0. The molecular formula is C25H29N3O2. The molecule has 1 aromatic carbocycles. The molecule has 0 N–H and O–H groups in total. The van der Waals surface area contributed by atoms with E-state index in [2.05, 4.69) is 4.98 Å². The van der Waals surface area contributed by atoms with Gasteiger partial charge in [0.15, 0.2) is 0 Å². The molecule has 0 spiro atoms. The van der Waals surface area contributed by atoms with Crippen molar-refractivity contribution in [2.45, 2.75) is 53.0 Å². The van der Waals surface area contributed by atoms with E-state index in [0.29, 0.717) is 19.5 Å². The lowest BCUT2D eigenvalue weighted by atomic mass is 10.0. The fraction of sp³-hybridized carbons (Fsp3) is 0.360. The summed E-state index contributed by atoms with van der Waals surface area (Å²) in [5.74, 6) is 0. The Bertz CT molecular complexity index is 1320. The predicted molar refractivity (Wildman–Crippen MR) is 121 cm³/mol. The van der Waals surface area contributed by atoms with Gasteiger partial charge in [-0.15, -0.1) is 0 Å². The van der Waals surface area contributed by atoms with Gasteiger partial charge in [0, 0.05) is 55.9 Å². The van der Waals surface area contributed by atoms with E-state index < -0.39 is 25.4 Å². The Morgan fingerprint density at radius 2 is 2.10 bits per heavy atom. The lowest BCUT2D eigenvalue weighted by Gasteiger charge is -2.30. The fourth-order valence-electron chi connectivity index (χ4n) is 3.71. The first-order chi connectivity index (χ1) is 16.6. The van der Waals surface area contributed by atoms with Crippen molar-refractivity contribution in [3.8, 4) is 0 Å². The molecule has 30 heavy (non-hydrogen) atoms. The molecule has 156 valence electrons. The number of benzene rings is 1. The number of carbonyl (C=O) groups is 1. The van der Waals surface area contributed by atoms with Gasteiger partial charge >= 0.3 is 6.09 Å². The molecule has 1 aliphatic rings. The third-order valence-corrected chi connectivity index (χ3v) is 5.04. The van der Waals surface area contributed by atoms with Crippen molar-refractivity contribution in [1.29, 1.82) is 0 Å². The van der Waals surface area contributed by atoms with Gasteiger partial charge in [-0.05, 0) is 64.3 Å². The van der Waals surface area contributed by atoms with Crippen LogP contribution < -0.4 is 0 Å². The first-order valence-electron chi connectivity index (χ1n) is 12.9. The van der Waals surface area contributed by atoms with E-state index in [1.54, 1.807) is 29.2 Å². The van der Waals surface area contributed by atoms with Crippen molar-refractivity contribution in [3.05, 3.63) is 64.6 Å². The van der Waals surface area contributed by atoms with Gasteiger partial charge in [0.1, 0.15) is 5.60 Å². The highest BCUT2D eigenvalue weighted by Crippen LogP contribution is 2.32. The van der Waals surface area contributed by atoms with Gasteiger partial charge in [-0.25, -0.2) is 4.79 Å². The Morgan fingerprint density at radius 1 is 1.23 bits per heavy atom. The minimum absolute atomic E-state index is 0.0304. The Balaban J connectivity index is 1.75. The van der Waals surface area contributed by atoms with Crippen LogP contribution in [-0.4, -0.2) is 32.7 Å². The quantitative estimate of drug-likeness (QED) is 0.555. The summed E-state index contributed by atoms with van der Waals surface area (Å²) in [6.07, 6.45) is 5.36. The van der Waals surface area contributed by atoms with Crippen molar-refractivity contribution in [3.63, 3.8) is 0 Å². The monoisotopic (exact) mass is 409 g/mol. The molecule has 0 saturated carbocycles. The molecule has 0 saturated heterocycles. The average molecular weight is 410 g/mol. The molecule has 3 heterocycles. The van der Waals surface area contributed by atoms with E-state index in [1.165, 1.54) is 12.3 Å². The number of pyridine rings is 1. The zero-order valence-corrected chi connectivity index (χ0v) is 17.4. The van der Waals surface area contributed by atoms with Gasteiger partial charge in [-0.2, -0.15) is 0 Å². The van der Waals surface area contributed by atoms with Crippen molar-refractivity contribution < 1.29 is 17.8 Å². The smallest absolute Gasteiger partial charge is 0.410 e. The van der Waals surface area contributed by atoms with Gasteiger partial charge in [0.25, 0.3) is 0 Å². The summed E-state index contributed by atoms with van der Waals surface area (Å²) in [6, 6.07) is 8.24. The minimum atomic E-state index is -2.27. The van der Waals surface area contributed by atoms with Crippen LogP contribution in [-0.2, 0) is 17.7 Å². The summed E-state index contributed by atoms with van der Waals surface area (Å²) < 4.78 is 53.5. The number of rotatable bonds is 2. The van der Waals surface area contributed by atoms with Crippen LogP contribution in [0, 0.1) is 13.7 Å². The number of aryl methyl sites for hydroxylation is 2. The van der Waals surface area contributed by atoms with Crippen LogP contribution >= 0.6 is 0 Å². The number of carbonyl (C=O) groups excluding carboxylic acids is 1. The fourth-order valence-corrected chi connectivity index (χ4v) is 3.71. The molecule has 4 rings (SSSR count). The molecule has 5 nitrogen and oxygen atoms in total. The number of hydrogen-bond acceptors (Lipinski definition) is 3. The third kappa shape index (κ3) is 4.11. The summed E-state index contributed by atoms with van der Waals surface area (Å²) in [5.41, 5.74) is 3.06. The molecule has 2 aromatic heterocycles. The second kappa shape index (κ2) is 7.63. The number of aromatic nitrogens is 2. The summed E-state index contributed by atoms with van der Waals surface area (Å²) in [7, 11) is 0. The normalized spacial score (nSPS) is 18.2. The second-order valence-electron chi connectivity index (χ2n) is 8.47. The Labute approximate surface area is 186 Å². The maximum absolute atomic E-state index is 12.7. The number of amides is 1. The highest BCUT2D eigenvalue weighted by Gasteiger charge is 2.29. The Hall–Kier alpha value is -3.08. The van der Waals surface area contributed by atoms with Gasteiger partial charge in [-0.1, -0.05) is 17.7 Å². The van der Waals surface area contributed by atoms with Gasteiger partial charge in [0.05, 0.1) is 12.1 Å². The van der Waals surface area contributed by atoms with E-state index in [4.69, 9.17) is 13.0 Å². The Kier molecular flexibility index (Phi) is 3.57. The highest BCUT2D eigenvalue weighted by atomic mass is 16.6. The van der Waals surface area contributed by atoms with Crippen LogP contribution in [0.3, 0.4) is 0 Å². The topological polar surface area (TPSA) is 47.4 Å². The van der Waals surface area contributed by atoms with Crippen LogP contribution in [0.5, 0.6) is 0 Å². The SMILES string of the molecule is [2H]C([2H])([2H])c1ccc2c(c1)c1c(n2/C=C/c2ccc(C([2H])([2H])[2H])nc2)CCN(C(=O)OC(C)(C)C)C1. The Morgan fingerprint density at radius 3 is 2.80 bits per heavy atom. The van der Waals surface area contributed by atoms with Crippen molar-refractivity contribution in [1.82, 2.24) is 14.5 Å². The lowest BCUT2D eigenvalue weighted by Crippen LogP contribution is -2.40. The van der Waals surface area contributed by atoms with Crippen molar-refractivity contribution in [2.24, 2.45) is 0 Å². The van der Waals surface area contributed by atoms with Gasteiger partial charge in [0.2, 0.25) is 0 Å². The van der Waals surface area contributed by atoms with E-state index >= 15 is 0 Å². The van der Waals surface area contributed by atoms with Crippen molar-refractivity contribution in [2.75, 3.05) is 6.54 Å². The molecule has 1 aliphatic heterocycles. The van der Waals surface area contributed by atoms with Crippen LogP contribution in [0.4, 0.5) is 4.79 Å². The maximum atomic E-state index is 12.7. The zero-order valence-electron chi connectivity index (χ0n) is 23.4. The summed E-state index contributed by atoms with van der Waals surface area (Å²) in [4.78, 5) is 18.4. The van der Waals surface area contributed by atoms with Gasteiger partial charge in [-0.3, -0.25) is 4.98 Å².